The smallest absolute Gasteiger partial charge is 0.311 e. The number of carbonyl (C=O) groups is 3. The Morgan fingerprint density at radius 3 is 2.18 bits per heavy atom. The second kappa shape index (κ2) is 11.2. The van der Waals surface area contributed by atoms with Crippen LogP contribution in [0.5, 0.6) is 0 Å². The zero-order valence-electron chi connectivity index (χ0n) is 18.8. The Hall–Kier alpha value is -3.75. The highest BCUT2D eigenvalue weighted by atomic mass is 16.6. The van der Waals surface area contributed by atoms with E-state index in [2.05, 4.69) is 5.32 Å². The lowest BCUT2D eigenvalue weighted by Gasteiger charge is -2.24. The molecule has 0 aliphatic heterocycles. The van der Waals surface area contributed by atoms with Crippen molar-refractivity contribution in [3.63, 3.8) is 0 Å². The van der Waals surface area contributed by atoms with Crippen molar-refractivity contribution in [2.24, 2.45) is 11.3 Å². The fourth-order valence-corrected chi connectivity index (χ4v) is 3.08. The number of nitro benzene ring substituents is 1. The summed E-state index contributed by atoms with van der Waals surface area (Å²) >= 11 is 0. The second-order valence-corrected chi connectivity index (χ2v) is 8.78. The molecule has 33 heavy (non-hydrogen) atoms. The molecule has 0 radical (unpaired) electrons. The van der Waals surface area contributed by atoms with Crippen LogP contribution in [0.25, 0.3) is 0 Å². The molecule has 0 aliphatic rings. The van der Waals surface area contributed by atoms with Crippen molar-refractivity contribution in [2.75, 3.05) is 6.61 Å². The van der Waals surface area contributed by atoms with Crippen LogP contribution < -0.4 is 5.32 Å². The minimum absolute atomic E-state index is 0.0281. The molecule has 0 saturated carbocycles. The lowest BCUT2D eigenvalue weighted by molar-refractivity contribution is -0.384. The van der Waals surface area contributed by atoms with Gasteiger partial charge in [0.05, 0.1) is 22.3 Å². The predicted octanol–water partition coefficient (Wildman–Crippen LogP) is 3.62. The predicted molar refractivity (Wildman–Crippen MR) is 121 cm³/mol. The van der Waals surface area contributed by atoms with Crippen LogP contribution in [-0.2, 0) is 20.7 Å². The number of rotatable bonds is 10. The molecule has 0 heterocycles. The Bertz CT molecular complexity index is 982. The van der Waals surface area contributed by atoms with Gasteiger partial charge in [0.2, 0.25) is 0 Å². The van der Waals surface area contributed by atoms with Crippen LogP contribution in [-0.4, -0.2) is 40.5 Å². The monoisotopic (exact) mass is 456 g/mol. The number of carboxylic acid groups (broad SMARTS) is 1. The average Bonchev–Trinajstić information content (AvgIpc) is 2.76. The highest BCUT2D eigenvalue weighted by Gasteiger charge is 2.28. The zero-order valence-corrected chi connectivity index (χ0v) is 18.8. The molecule has 1 amide bonds. The van der Waals surface area contributed by atoms with Crippen LogP contribution >= 0.6 is 0 Å². The topological polar surface area (TPSA) is 136 Å². The van der Waals surface area contributed by atoms with Gasteiger partial charge in [0, 0.05) is 17.7 Å². The van der Waals surface area contributed by atoms with Crippen molar-refractivity contribution < 1.29 is 29.2 Å². The van der Waals surface area contributed by atoms with Crippen LogP contribution in [0.4, 0.5) is 5.69 Å². The maximum absolute atomic E-state index is 12.7. The summed E-state index contributed by atoms with van der Waals surface area (Å²) in [6, 6.07) is 13.4. The standard InChI is InChI=1S/C24H28N2O7/c1-24(2,3)23(30)33-15-19(14-18(22(28)29)13-16-7-5-4-6-8-16)25-21(27)17-9-11-20(12-10-17)26(31)32/h4-12,18-19H,13-15H2,1-3H3,(H,25,27)(H,28,29). The number of carbonyl (C=O) groups excluding carboxylic acids is 2. The fraction of sp³-hybridized carbons (Fsp3) is 0.375. The first-order valence-corrected chi connectivity index (χ1v) is 10.5. The minimum Gasteiger partial charge on any atom is -0.481 e. The van der Waals surface area contributed by atoms with Crippen LogP contribution in [0.3, 0.4) is 0 Å². The Morgan fingerprint density at radius 2 is 1.67 bits per heavy atom. The van der Waals surface area contributed by atoms with Crippen molar-refractivity contribution in [3.8, 4) is 0 Å². The molecule has 176 valence electrons. The number of nitro groups is 1. The summed E-state index contributed by atoms with van der Waals surface area (Å²) in [6.07, 6.45) is 0.271. The third-order valence-corrected chi connectivity index (χ3v) is 4.95. The van der Waals surface area contributed by atoms with Crippen LogP contribution in [0.2, 0.25) is 0 Å². The normalized spacial score (nSPS) is 12.9. The van der Waals surface area contributed by atoms with E-state index in [9.17, 15) is 29.6 Å². The van der Waals surface area contributed by atoms with Gasteiger partial charge >= 0.3 is 11.9 Å². The highest BCUT2D eigenvalue weighted by Crippen LogP contribution is 2.19. The number of aliphatic carboxylic acids is 1. The molecule has 0 fully saturated rings. The van der Waals surface area contributed by atoms with Crippen molar-refractivity contribution in [3.05, 3.63) is 75.8 Å². The average molecular weight is 456 g/mol. The van der Waals surface area contributed by atoms with E-state index in [1.807, 2.05) is 30.3 Å². The number of carboxylic acids is 1. The minimum atomic E-state index is -1.03. The van der Waals surface area contributed by atoms with Gasteiger partial charge in [-0.25, -0.2) is 0 Å². The number of ether oxygens (including phenoxy) is 1. The first-order chi connectivity index (χ1) is 15.5. The molecule has 0 saturated heterocycles. The van der Waals surface area contributed by atoms with Gasteiger partial charge in [-0.05, 0) is 51.3 Å². The van der Waals surface area contributed by atoms with Crippen molar-refractivity contribution in [1.82, 2.24) is 5.32 Å². The molecule has 9 nitrogen and oxygen atoms in total. The molecule has 0 bridgehead atoms. The van der Waals surface area contributed by atoms with Gasteiger partial charge in [-0.3, -0.25) is 24.5 Å². The van der Waals surface area contributed by atoms with Crippen molar-refractivity contribution in [2.45, 2.75) is 39.7 Å². The Labute approximate surface area is 191 Å². The van der Waals surface area contributed by atoms with Crippen LogP contribution in [0, 0.1) is 21.4 Å². The molecule has 2 aromatic rings. The number of nitrogens with one attached hydrogen (secondary N) is 1. The number of benzene rings is 2. The summed E-state index contributed by atoms with van der Waals surface area (Å²) < 4.78 is 5.35. The first-order valence-electron chi connectivity index (χ1n) is 10.5. The van der Waals surface area contributed by atoms with Crippen molar-refractivity contribution in [1.29, 1.82) is 0 Å². The molecule has 2 N–H and O–H groups in total. The Morgan fingerprint density at radius 1 is 1.06 bits per heavy atom. The molecular formula is C24H28N2O7. The van der Waals surface area contributed by atoms with E-state index >= 15 is 0 Å². The summed E-state index contributed by atoms with van der Waals surface area (Å²) in [4.78, 5) is 47.1. The summed E-state index contributed by atoms with van der Waals surface area (Å²) in [7, 11) is 0. The summed E-state index contributed by atoms with van der Waals surface area (Å²) in [5, 5.41) is 23.3. The first kappa shape index (κ1) is 25.5. The Kier molecular flexibility index (Phi) is 8.67. The van der Waals surface area contributed by atoms with Crippen LogP contribution in [0.15, 0.2) is 54.6 Å². The fourth-order valence-electron chi connectivity index (χ4n) is 3.08. The lowest BCUT2D eigenvalue weighted by Crippen LogP contribution is -2.42. The van der Waals surface area contributed by atoms with Gasteiger partial charge in [-0.2, -0.15) is 0 Å². The molecule has 2 unspecified atom stereocenters. The van der Waals surface area contributed by atoms with Gasteiger partial charge in [0.25, 0.3) is 11.6 Å². The number of hydrogen-bond donors (Lipinski definition) is 2. The largest absolute Gasteiger partial charge is 0.481 e. The summed E-state index contributed by atoms with van der Waals surface area (Å²) in [5.41, 5.74) is 0.0825. The molecule has 0 aromatic heterocycles. The summed E-state index contributed by atoms with van der Waals surface area (Å²) in [5.74, 6) is -2.89. The number of esters is 1. The number of non-ortho nitro benzene ring substituents is 1. The molecular weight excluding hydrogens is 428 g/mol. The highest BCUT2D eigenvalue weighted by molar-refractivity contribution is 5.94. The van der Waals surface area contributed by atoms with Gasteiger partial charge in [0.15, 0.2) is 0 Å². The molecule has 0 spiro atoms. The van der Waals surface area contributed by atoms with E-state index < -0.39 is 40.1 Å². The molecule has 2 aromatic carbocycles. The van der Waals surface area contributed by atoms with Crippen molar-refractivity contribution >= 4 is 23.5 Å². The van der Waals surface area contributed by atoms with Crippen LogP contribution in [0.1, 0.15) is 43.1 Å². The van der Waals surface area contributed by atoms with Gasteiger partial charge in [-0.15, -0.1) is 0 Å². The third kappa shape index (κ3) is 8.03. The summed E-state index contributed by atoms with van der Waals surface area (Å²) in [6.45, 7) is 4.87. The number of hydrogen-bond acceptors (Lipinski definition) is 6. The lowest BCUT2D eigenvalue weighted by atomic mass is 9.92. The molecule has 0 aliphatic carbocycles. The van der Waals surface area contributed by atoms with Gasteiger partial charge < -0.3 is 15.2 Å². The number of nitrogens with zero attached hydrogens (tertiary/aromatic N) is 1. The SMILES string of the molecule is CC(C)(C)C(=O)OCC(CC(Cc1ccccc1)C(=O)O)NC(=O)c1ccc([N+](=O)[O-])cc1. The van der Waals surface area contributed by atoms with Gasteiger partial charge in [-0.1, -0.05) is 30.3 Å². The van der Waals surface area contributed by atoms with E-state index in [0.717, 1.165) is 5.56 Å². The van der Waals surface area contributed by atoms with E-state index in [1.54, 1.807) is 20.8 Å². The zero-order chi connectivity index (χ0) is 24.6. The van der Waals surface area contributed by atoms with E-state index in [0.29, 0.717) is 0 Å². The van der Waals surface area contributed by atoms with Gasteiger partial charge in [0.1, 0.15) is 6.61 Å². The third-order valence-electron chi connectivity index (χ3n) is 4.95. The molecule has 2 atom stereocenters. The van der Waals surface area contributed by atoms with E-state index in [-0.39, 0.29) is 30.7 Å². The molecule has 9 heteroatoms. The maximum Gasteiger partial charge on any atom is 0.311 e. The number of amides is 1. The molecule has 2 rings (SSSR count). The maximum atomic E-state index is 12.7. The Balaban J connectivity index is 2.18. The second-order valence-electron chi connectivity index (χ2n) is 8.78. The van der Waals surface area contributed by atoms with E-state index in [1.165, 1.54) is 24.3 Å². The quantitative estimate of drug-likeness (QED) is 0.317. The van der Waals surface area contributed by atoms with E-state index in [4.69, 9.17) is 4.74 Å².